The molecule has 0 aromatic carbocycles. The molecule has 2 bridgehead atoms. The maximum Gasteiger partial charge on any atom is 0.153 e. The summed E-state index contributed by atoms with van der Waals surface area (Å²) in [5.74, 6) is 0.210. The molecule has 0 amide bonds. The molecule has 2 fully saturated rings. The molecule has 17 heavy (non-hydrogen) atoms. The van der Waals surface area contributed by atoms with Gasteiger partial charge in [0.1, 0.15) is 4.33 Å². The number of nitrogens with two attached hydrogens (primary N) is 1. The van der Waals surface area contributed by atoms with E-state index < -0.39 is 26.4 Å². The van der Waals surface area contributed by atoms with E-state index in [0.29, 0.717) is 0 Å². The van der Waals surface area contributed by atoms with Gasteiger partial charge < -0.3 is 10.3 Å². The summed E-state index contributed by atoms with van der Waals surface area (Å²) in [7, 11) is 0. The van der Waals surface area contributed by atoms with Gasteiger partial charge in [0.05, 0.1) is 11.3 Å². The standard InChI is InChI=1S/C11H19Cl2NO2S/c1-8(2)7-4-5-10(8,6-17(15)16)9(3,14)11(7,12)13/h7H,4-6,14H2,1-3H3,(H,15,16). The first-order valence-corrected chi connectivity index (χ1v) is 7.78. The summed E-state index contributed by atoms with van der Waals surface area (Å²) in [4.78, 5) is 0. The second-order valence-corrected chi connectivity index (χ2v) is 8.50. The Morgan fingerprint density at radius 1 is 1.41 bits per heavy atom. The molecule has 2 rings (SSSR count). The quantitative estimate of drug-likeness (QED) is 0.608. The molecule has 0 aromatic heterocycles. The Balaban J connectivity index is 2.59. The van der Waals surface area contributed by atoms with Crippen molar-refractivity contribution in [1.29, 1.82) is 0 Å². The van der Waals surface area contributed by atoms with E-state index in [0.717, 1.165) is 12.8 Å². The Kier molecular flexibility index (Phi) is 2.98. The minimum atomic E-state index is -1.89. The van der Waals surface area contributed by atoms with Crippen molar-refractivity contribution in [2.75, 3.05) is 5.75 Å². The highest BCUT2D eigenvalue weighted by Crippen LogP contribution is 2.75. The van der Waals surface area contributed by atoms with Gasteiger partial charge >= 0.3 is 0 Å². The third-order valence-corrected chi connectivity index (χ3v) is 7.51. The van der Waals surface area contributed by atoms with Gasteiger partial charge in [-0.05, 0) is 31.1 Å². The summed E-state index contributed by atoms with van der Waals surface area (Å²) < 4.78 is 19.6. The first-order valence-electron chi connectivity index (χ1n) is 5.75. The summed E-state index contributed by atoms with van der Waals surface area (Å²) >= 11 is 11.1. The van der Waals surface area contributed by atoms with Crippen LogP contribution in [0.1, 0.15) is 33.6 Å². The van der Waals surface area contributed by atoms with Crippen molar-refractivity contribution in [3.05, 3.63) is 0 Å². The van der Waals surface area contributed by atoms with Gasteiger partial charge in [-0.2, -0.15) is 0 Å². The van der Waals surface area contributed by atoms with Crippen molar-refractivity contribution in [3.8, 4) is 0 Å². The lowest BCUT2D eigenvalue weighted by molar-refractivity contribution is 0.0913. The van der Waals surface area contributed by atoms with Crippen LogP contribution in [-0.4, -0.2) is 24.4 Å². The topological polar surface area (TPSA) is 63.3 Å². The Labute approximate surface area is 115 Å². The fourth-order valence-corrected chi connectivity index (χ4v) is 6.63. The van der Waals surface area contributed by atoms with Gasteiger partial charge in [0.15, 0.2) is 11.1 Å². The van der Waals surface area contributed by atoms with Crippen molar-refractivity contribution >= 4 is 34.3 Å². The number of fused-ring (bicyclic) bond motifs is 2. The SMILES string of the molecule is CC1(C)C2CCC1(CS(=O)O)C(C)(N)C2(Cl)Cl. The van der Waals surface area contributed by atoms with Gasteiger partial charge in [-0.25, -0.2) is 4.21 Å². The molecular formula is C11H19Cl2NO2S. The number of hydrogen-bond donors (Lipinski definition) is 2. The van der Waals surface area contributed by atoms with Crippen LogP contribution in [0, 0.1) is 16.7 Å². The van der Waals surface area contributed by atoms with E-state index in [1.807, 2.05) is 6.92 Å². The van der Waals surface area contributed by atoms with Crippen LogP contribution < -0.4 is 5.73 Å². The van der Waals surface area contributed by atoms with Gasteiger partial charge in [0.25, 0.3) is 0 Å². The molecule has 0 radical (unpaired) electrons. The molecule has 4 atom stereocenters. The van der Waals surface area contributed by atoms with E-state index in [2.05, 4.69) is 13.8 Å². The number of alkyl halides is 2. The first kappa shape index (κ1) is 14.1. The average molecular weight is 300 g/mol. The summed E-state index contributed by atoms with van der Waals surface area (Å²) in [5, 5.41) is 0. The van der Waals surface area contributed by atoms with Crippen LogP contribution in [0.5, 0.6) is 0 Å². The smallest absolute Gasteiger partial charge is 0.153 e. The predicted octanol–water partition coefficient (Wildman–Crippen LogP) is 2.54. The zero-order valence-corrected chi connectivity index (χ0v) is 12.6. The molecule has 0 saturated heterocycles. The Morgan fingerprint density at radius 3 is 2.29 bits per heavy atom. The third kappa shape index (κ3) is 1.39. The molecule has 3 N–H and O–H groups in total. The fraction of sp³-hybridized carbons (Fsp3) is 1.00. The zero-order valence-electron chi connectivity index (χ0n) is 10.3. The van der Waals surface area contributed by atoms with Crippen LogP contribution in [0.3, 0.4) is 0 Å². The number of halogens is 2. The van der Waals surface area contributed by atoms with Gasteiger partial charge in [-0.1, -0.05) is 37.0 Å². The lowest BCUT2D eigenvalue weighted by atomic mass is 9.63. The molecule has 0 aliphatic heterocycles. The summed E-state index contributed by atoms with van der Waals surface area (Å²) in [6.07, 6.45) is 1.68. The summed E-state index contributed by atoms with van der Waals surface area (Å²) in [6, 6.07) is 0. The second-order valence-electron chi connectivity index (χ2n) is 6.19. The van der Waals surface area contributed by atoms with E-state index in [-0.39, 0.29) is 17.1 Å². The molecule has 2 aliphatic rings. The second kappa shape index (κ2) is 3.60. The highest BCUT2D eigenvalue weighted by molar-refractivity contribution is 7.79. The molecule has 4 unspecified atom stereocenters. The largest absolute Gasteiger partial charge is 0.322 e. The van der Waals surface area contributed by atoms with Crippen molar-refractivity contribution in [2.45, 2.75) is 43.5 Å². The van der Waals surface area contributed by atoms with Crippen molar-refractivity contribution in [1.82, 2.24) is 0 Å². The maximum atomic E-state index is 11.3. The Hall–Kier alpha value is 0.650. The Bertz CT molecular complexity index is 384. The van der Waals surface area contributed by atoms with Crippen molar-refractivity contribution in [2.24, 2.45) is 22.5 Å². The lowest BCUT2D eigenvalue weighted by Gasteiger charge is -2.49. The van der Waals surface area contributed by atoms with Crippen molar-refractivity contribution in [3.63, 3.8) is 0 Å². The van der Waals surface area contributed by atoms with E-state index in [4.69, 9.17) is 28.9 Å². The molecule has 0 heterocycles. The molecule has 0 spiro atoms. The summed E-state index contributed by atoms with van der Waals surface area (Å²) in [6.45, 7) is 5.95. The molecule has 100 valence electrons. The molecular weight excluding hydrogens is 281 g/mol. The van der Waals surface area contributed by atoms with Crippen LogP contribution in [0.15, 0.2) is 0 Å². The van der Waals surface area contributed by atoms with Crippen LogP contribution in [0.2, 0.25) is 0 Å². The van der Waals surface area contributed by atoms with Gasteiger partial charge in [-0.15, -0.1) is 0 Å². The van der Waals surface area contributed by atoms with Crippen LogP contribution in [-0.2, 0) is 11.1 Å². The van der Waals surface area contributed by atoms with Crippen molar-refractivity contribution < 1.29 is 8.76 Å². The average Bonchev–Trinajstić information content (AvgIpc) is 2.40. The van der Waals surface area contributed by atoms with E-state index in [9.17, 15) is 8.76 Å². The van der Waals surface area contributed by atoms with E-state index >= 15 is 0 Å². The zero-order chi connectivity index (χ0) is 13.3. The van der Waals surface area contributed by atoms with Crippen LogP contribution in [0.4, 0.5) is 0 Å². The van der Waals surface area contributed by atoms with Crippen LogP contribution in [0.25, 0.3) is 0 Å². The minimum absolute atomic E-state index is 0.0666. The number of rotatable bonds is 2. The van der Waals surface area contributed by atoms with E-state index in [1.54, 1.807) is 0 Å². The monoisotopic (exact) mass is 299 g/mol. The van der Waals surface area contributed by atoms with Gasteiger partial charge in [0.2, 0.25) is 0 Å². The minimum Gasteiger partial charge on any atom is -0.322 e. The molecule has 0 aromatic rings. The summed E-state index contributed by atoms with van der Waals surface area (Å²) in [5.41, 5.74) is 4.83. The molecule has 2 saturated carbocycles. The molecule has 2 aliphatic carbocycles. The molecule has 6 heteroatoms. The van der Waals surface area contributed by atoms with Gasteiger partial charge in [-0.3, -0.25) is 0 Å². The third-order valence-electron chi connectivity index (χ3n) is 5.46. The van der Waals surface area contributed by atoms with E-state index in [1.165, 1.54) is 0 Å². The normalized spacial score (nSPS) is 48.3. The highest BCUT2D eigenvalue weighted by atomic mass is 35.5. The van der Waals surface area contributed by atoms with Gasteiger partial charge in [0, 0.05) is 5.41 Å². The lowest BCUT2D eigenvalue weighted by Crippen LogP contribution is -2.63. The Morgan fingerprint density at radius 2 is 1.94 bits per heavy atom. The molecule has 3 nitrogen and oxygen atoms in total. The number of hydrogen-bond acceptors (Lipinski definition) is 2. The predicted molar refractivity (Wildman–Crippen MR) is 71.6 cm³/mol. The fourth-order valence-electron chi connectivity index (χ4n) is 4.27. The maximum absolute atomic E-state index is 11.3. The first-order chi connectivity index (χ1) is 7.51. The highest BCUT2D eigenvalue weighted by Gasteiger charge is 2.78. The van der Waals surface area contributed by atoms with Crippen LogP contribution >= 0.6 is 23.2 Å².